The summed E-state index contributed by atoms with van der Waals surface area (Å²) in [6.45, 7) is 4.28. The van der Waals surface area contributed by atoms with Gasteiger partial charge in [-0.15, -0.1) is 11.8 Å². The van der Waals surface area contributed by atoms with E-state index >= 15 is 0 Å². The molecule has 1 atom stereocenters. The first-order chi connectivity index (χ1) is 12.0. The molecule has 3 nitrogen and oxygen atoms in total. The predicted molar refractivity (Wildman–Crippen MR) is 102 cm³/mol. The molecule has 1 N–H and O–H groups in total. The molecular weight excluding hydrogens is 361 g/mol. The Labute approximate surface area is 156 Å². The maximum atomic E-state index is 13.7. The summed E-state index contributed by atoms with van der Waals surface area (Å²) in [5.74, 6) is 0.903. The maximum absolute atomic E-state index is 13.7. The van der Waals surface area contributed by atoms with Crippen LogP contribution < -0.4 is 10.1 Å². The smallest absolute Gasteiger partial charge is 0.230 e. The summed E-state index contributed by atoms with van der Waals surface area (Å²) >= 11 is 7.29. The van der Waals surface area contributed by atoms with Crippen molar-refractivity contribution in [3.05, 3.63) is 64.4 Å². The fourth-order valence-electron chi connectivity index (χ4n) is 2.13. The van der Waals surface area contributed by atoms with E-state index in [2.05, 4.69) is 5.32 Å². The van der Waals surface area contributed by atoms with Crippen molar-refractivity contribution in [2.75, 3.05) is 12.4 Å². The van der Waals surface area contributed by atoms with E-state index in [-0.39, 0.29) is 23.5 Å². The van der Waals surface area contributed by atoms with E-state index in [1.807, 2.05) is 38.1 Å². The third kappa shape index (κ3) is 6.59. The second kappa shape index (κ2) is 9.68. The number of carbonyl (C=O) groups excluding carboxylic acids is 1. The van der Waals surface area contributed by atoms with Crippen LogP contribution in [-0.2, 0) is 10.5 Å². The lowest BCUT2D eigenvalue weighted by molar-refractivity contribution is -0.119. The van der Waals surface area contributed by atoms with Gasteiger partial charge in [-0.1, -0.05) is 35.4 Å². The third-order valence-electron chi connectivity index (χ3n) is 3.47. The van der Waals surface area contributed by atoms with Gasteiger partial charge < -0.3 is 10.1 Å². The molecule has 134 valence electrons. The zero-order chi connectivity index (χ0) is 18.2. The largest absolute Gasteiger partial charge is 0.491 e. The number of hydrogen-bond donors (Lipinski definition) is 1. The first-order valence-corrected chi connectivity index (χ1v) is 9.48. The highest BCUT2D eigenvalue weighted by atomic mass is 35.5. The minimum absolute atomic E-state index is 0.113. The Bertz CT molecular complexity index is 689. The predicted octanol–water partition coefficient (Wildman–Crippen LogP) is 4.60. The van der Waals surface area contributed by atoms with Crippen molar-refractivity contribution in [2.45, 2.75) is 25.6 Å². The van der Waals surface area contributed by atoms with Crippen LogP contribution in [0.5, 0.6) is 5.75 Å². The molecule has 0 fully saturated rings. The molecule has 0 aliphatic carbocycles. The SMILES string of the molecule is Cc1ccc(OC[C@@H](C)NC(=O)CSCc2c(F)cccc2Cl)cc1. The van der Waals surface area contributed by atoms with E-state index in [0.717, 1.165) is 5.75 Å². The van der Waals surface area contributed by atoms with Gasteiger partial charge in [0.15, 0.2) is 0 Å². The van der Waals surface area contributed by atoms with Crippen molar-refractivity contribution in [1.29, 1.82) is 0 Å². The first kappa shape index (κ1) is 19.6. The normalized spacial score (nSPS) is 11.8. The van der Waals surface area contributed by atoms with Crippen molar-refractivity contribution >= 4 is 29.3 Å². The molecule has 1 amide bonds. The second-order valence-corrected chi connectivity index (χ2v) is 7.18. The van der Waals surface area contributed by atoms with Gasteiger partial charge in [-0.2, -0.15) is 0 Å². The van der Waals surface area contributed by atoms with Crippen molar-refractivity contribution in [3.8, 4) is 5.75 Å². The summed E-state index contributed by atoms with van der Waals surface area (Å²) in [4.78, 5) is 12.0. The number of thioether (sulfide) groups is 1. The standard InChI is InChI=1S/C19H21ClFNO2S/c1-13-6-8-15(9-7-13)24-10-14(2)22-19(23)12-25-11-16-17(20)4-3-5-18(16)21/h3-9,14H,10-12H2,1-2H3,(H,22,23)/t14-/m1/s1. The van der Waals surface area contributed by atoms with Gasteiger partial charge in [0, 0.05) is 16.3 Å². The van der Waals surface area contributed by atoms with Crippen LogP contribution in [0.2, 0.25) is 5.02 Å². The zero-order valence-electron chi connectivity index (χ0n) is 14.2. The summed E-state index contributed by atoms with van der Waals surface area (Å²) in [7, 11) is 0. The van der Waals surface area contributed by atoms with Crippen LogP contribution in [0.25, 0.3) is 0 Å². The molecule has 0 aromatic heterocycles. The molecule has 2 rings (SSSR count). The summed E-state index contributed by atoms with van der Waals surface area (Å²) in [6, 6.07) is 12.2. The molecule has 0 radical (unpaired) electrons. The van der Waals surface area contributed by atoms with Gasteiger partial charge in [-0.3, -0.25) is 4.79 Å². The Hall–Kier alpha value is -1.72. The Morgan fingerprint density at radius 1 is 1.28 bits per heavy atom. The van der Waals surface area contributed by atoms with Gasteiger partial charge in [0.2, 0.25) is 5.91 Å². The number of amides is 1. The van der Waals surface area contributed by atoms with Gasteiger partial charge >= 0.3 is 0 Å². The van der Waals surface area contributed by atoms with Gasteiger partial charge in [0.25, 0.3) is 0 Å². The Morgan fingerprint density at radius 2 is 2.00 bits per heavy atom. The molecule has 0 aliphatic rings. The number of carbonyl (C=O) groups is 1. The van der Waals surface area contributed by atoms with E-state index in [1.54, 1.807) is 12.1 Å². The van der Waals surface area contributed by atoms with Crippen LogP contribution in [0, 0.1) is 12.7 Å². The number of nitrogens with one attached hydrogen (secondary N) is 1. The second-order valence-electron chi connectivity index (χ2n) is 5.79. The van der Waals surface area contributed by atoms with Crippen LogP contribution in [0.1, 0.15) is 18.1 Å². The topological polar surface area (TPSA) is 38.3 Å². The maximum Gasteiger partial charge on any atom is 0.230 e. The fourth-order valence-corrected chi connectivity index (χ4v) is 3.31. The quantitative estimate of drug-likeness (QED) is 0.726. The van der Waals surface area contributed by atoms with E-state index in [4.69, 9.17) is 16.3 Å². The Morgan fingerprint density at radius 3 is 2.68 bits per heavy atom. The number of ether oxygens (including phenoxy) is 1. The monoisotopic (exact) mass is 381 g/mol. The van der Waals surface area contributed by atoms with Gasteiger partial charge in [-0.05, 0) is 38.1 Å². The van der Waals surface area contributed by atoms with Crippen LogP contribution in [0.4, 0.5) is 4.39 Å². The van der Waals surface area contributed by atoms with Crippen molar-refractivity contribution < 1.29 is 13.9 Å². The number of halogens is 2. The van der Waals surface area contributed by atoms with Crippen LogP contribution in [0.3, 0.4) is 0 Å². The van der Waals surface area contributed by atoms with Crippen LogP contribution in [-0.4, -0.2) is 24.3 Å². The van der Waals surface area contributed by atoms with Crippen molar-refractivity contribution in [3.63, 3.8) is 0 Å². The zero-order valence-corrected chi connectivity index (χ0v) is 15.8. The molecule has 0 bridgehead atoms. The lowest BCUT2D eigenvalue weighted by atomic mass is 10.2. The fraction of sp³-hybridized carbons (Fsp3) is 0.316. The molecule has 0 spiro atoms. The minimum Gasteiger partial charge on any atom is -0.491 e. The van der Waals surface area contributed by atoms with E-state index in [0.29, 0.717) is 22.9 Å². The highest BCUT2D eigenvalue weighted by molar-refractivity contribution is 7.99. The molecule has 2 aromatic carbocycles. The van der Waals surface area contributed by atoms with E-state index in [1.165, 1.54) is 23.4 Å². The summed E-state index contributed by atoms with van der Waals surface area (Å²) < 4.78 is 19.3. The number of rotatable bonds is 8. The van der Waals surface area contributed by atoms with Crippen LogP contribution >= 0.6 is 23.4 Å². The van der Waals surface area contributed by atoms with Crippen molar-refractivity contribution in [1.82, 2.24) is 5.32 Å². The number of benzene rings is 2. The first-order valence-electron chi connectivity index (χ1n) is 7.95. The molecule has 25 heavy (non-hydrogen) atoms. The molecule has 6 heteroatoms. The van der Waals surface area contributed by atoms with Gasteiger partial charge in [0.1, 0.15) is 18.2 Å². The van der Waals surface area contributed by atoms with Gasteiger partial charge in [0.05, 0.1) is 11.8 Å². The highest BCUT2D eigenvalue weighted by Crippen LogP contribution is 2.23. The molecular formula is C19H21ClFNO2S. The highest BCUT2D eigenvalue weighted by Gasteiger charge is 2.11. The third-order valence-corrected chi connectivity index (χ3v) is 4.78. The average molecular weight is 382 g/mol. The molecule has 0 saturated heterocycles. The summed E-state index contributed by atoms with van der Waals surface area (Å²) in [6.07, 6.45) is 0. The number of aryl methyl sites for hydroxylation is 1. The van der Waals surface area contributed by atoms with Crippen LogP contribution in [0.15, 0.2) is 42.5 Å². The Kier molecular flexibility index (Phi) is 7.59. The van der Waals surface area contributed by atoms with Gasteiger partial charge in [-0.25, -0.2) is 4.39 Å². The van der Waals surface area contributed by atoms with E-state index < -0.39 is 0 Å². The minimum atomic E-state index is -0.347. The Balaban J connectivity index is 1.70. The lowest BCUT2D eigenvalue weighted by Crippen LogP contribution is -2.37. The molecule has 2 aromatic rings. The summed E-state index contributed by atoms with van der Waals surface area (Å²) in [5.41, 5.74) is 1.60. The lowest BCUT2D eigenvalue weighted by Gasteiger charge is -2.15. The number of hydrogen-bond acceptors (Lipinski definition) is 3. The molecule has 0 saturated carbocycles. The average Bonchev–Trinajstić information content (AvgIpc) is 2.57. The summed E-state index contributed by atoms with van der Waals surface area (Å²) in [5, 5.41) is 3.25. The molecule has 0 unspecified atom stereocenters. The molecule has 0 heterocycles. The van der Waals surface area contributed by atoms with E-state index in [9.17, 15) is 9.18 Å². The molecule has 0 aliphatic heterocycles. The van der Waals surface area contributed by atoms with Crippen molar-refractivity contribution in [2.24, 2.45) is 0 Å².